The average Bonchev–Trinajstić information content (AvgIpc) is 3.40. The number of hydrogen-bond acceptors (Lipinski definition) is 6. The number of hydrogen-bond donors (Lipinski definition) is 1. The molecule has 0 bridgehead atoms. The SMILES string of the molecule is Cc1cc2nc(-c3ccn4c(C)nnc4c3)sc2c(-c2ccc(Cl)cc2)c1C(OC(C)(C)C)C(=O)O. The van der Waals surface area contributed by atoms with Crippen LogP contribution in [0, 0.1) is 13.8 Å². The molecule has 3 heterocycles. The van der Waals surface area contributed by atoms with E-state index in [9.17, 15) is 9.90 Å². The number of fused-ring (bicyclic) bond motifs is 2. The second-order valence-corrected chi connectivity index (χ2v) is 11.1. The molecule has 1 atom stereocenters. The second kappa shape index (κ2) is 8.96. The minimum absolute atomic E-state index is 0.604. The Bertz CT molecular complexity index is 1620. The maximum absolute atomic E-state index is 12.5. The summed E-state index contributed by atoms with van der Waals surface area (Å²) in [7, 11) is 0. The number of pyridine rings is 1. The molecule has 0 amide bonds. The first-order chi connectivity index (χ1) is 17.0. The van der Waals surface area contributed by atoms with Crippen molar-refractivity contribution in [2.75, 3.05) is 0 Å². The molecule has 1 N–H and O–H groups in total. The molecule has 0 saturated heterocycles. The fourth-order valence-electron chi connectivity index (χ4n) is 4.31. The van der Waals surface area contributed by atoms with Crippen molar-refractivity contribution in [3.8, 4) is 21.7 Å². The van der Waals surface area contributed by atoms with Gasteiger partial charge in [0, 0.05) is 27.9 Å². The highest BCUT2D eigenvalue weighted by atomic mass is 35.5. The molecular weight excluding hydrogens is 496 g/mol. The summed E-state index contributed by atoms with van der Waals surface area (Å²) >= 11 is 7.69. The average molecular weight is 521 g/mol. The van der Waals surface area contributed by atoms with Gasteiger partial charge in [0.25, 0.3) is 0 Å². The van der Waals surface area contributed by atoms with E-state index >= 15 is 0 Å². The summed E-state index contributed by atoms with van der Waals surface area (Å²) in [5, 5.41) is 20.0. The zero-order chi connectivity index (χ0) is 25.8. The zero-order valence-electron chi connectivity index (χ0n) is 20.5. The molecule has 184 valence electrons. The smallest absolute Gasteiger partial charge is 0.337 e. The number of carbonyl (C=O) groups is 1. The molecule has 0 saturated carbocycles. The van der Waals surface area contributed by atoms with Crippen LogP contribution in [0.3, 0.4) is 0 Å². The van der Waals surface area contributed by atoms with Crippen LogP contribution in [0.25, 0.3) is 37.6 Å². The molecule has 3 aromatic heterocycles. The van der Waals surface area contributed by atoms with Crippen LogP contribution in [0.15, 0.2) is 48.7 Å². The van der Waals surface area contributed by atoms with E-state index in [2.05, 4.69) is 10.2 Å². The number of ether oxygens (including phenoxy) is 1. The highest BCUT2D eigenvalue weighted by Gasteiger charge is 2.32. The Labute approximate surface area is 217 Å². The molecule has 7 nitrogen and oxygen atoms in total. The molecule has 0 spiro atoms. The summed E-state index contributed by atoms with van der Waals surface area (Å²) in [6.07, 6.45) is 0.779. The summed E-state index contributed by atoms with van der Waals surface area (Å²) < 4.78 is 8.88. The number of thiazole rings is 1. The van der Waals surface area contributed by atoms with Crippen molar-refractivity contribution in [2.24, 2.45) is 0 Å². The van der Waals surface area contributed by atoms with Crippen LogP contribution >= 0.6 is 22.9 Å². The van der Waals surface area contributed by atoms with Gasteiger partial charge in [-0.2, -0.15) is 0 Å². The first-order valence-corrected chi connectivity index (χ1v) is 12.6. The number of carboxylic acids is 1. The quantitative estimate of drug-likeness (QED) is 0.271. The Balaban J connectivity index is 1.78. The fourth-order valence-corrected chi connectivity index (χ4v) is 5.55. The molecule has 0 aliphatic heterocycles. The predicted molar refractivity (Wildman–Crippen MR) is 143 cm³/mol. The predicted octanol–water partition coefficient (Wildman–Crippen LogP) is 6.88. The van der Waals surface area contributed by atoms with Gasteiger partial charge in [0.05, 0.1) is 15.8 Å². The molecule has 1 unspecified atom stereocenters. The van der Waals surface area contributed by atoms with Crippen LogP contribution in [0.5, 0.6) is 0 Å². The van der Waals surface area contributed by atoms with Crippen LogP contribution < -0.4 is 0 Å². The first-order valence-electron chi connectivity index (χ1n) is 11.4. The zero-order valence-corrected chi connectivity index (χ0v) is 22.1. The summed E-state index contributed by atoms with van der Waals surface area (Å²) in [6, 6.07) is 13.3. The minimum atomic E-state index is -1.15. The van der Waals surface area contributed by atoms with Gasteiger partial charge in [-0.3, -0.25) is 4.40 Å². The molecule has 0 fully saturated rings. The number of carboxylic acid groups (broad SMARTS) is 1. The Morgan fingerprint density at radius 2 is 1.81 bits per heavy atom. The summed E-state index contributed by atoms with van der Waals surface area (Å²) in [4.78, 5) is 17.4. The van der Waals surface area contributed by atoms with Crippen LogP contribution in [0.1, 0.15) is 43.8 Å². The maximum atomic E-state index is 12.5. The summed E-state index contributed by atoms with van der Waals surface area (Å²) in [6.45, 7) is 9.36. The highest BCUT2D eigenvalue weighted by molar-refractivity contribution is 7.22. The fraction of sp³-hybridized carbons (Fsp3) is 0.259. The van der Waals surface area contributed by atoms with Gasteiger partial charge < -0.3 is 9.84 Å². The Kier molecular flexibility index (Phi) is 6.06. The van der Waals surface area contributed by atoms with Crippen molar-refractivity contribution in [3.63, 3.8) is 0 Å². The van der Waals surface area contributed by atoms with E-state index in [1.54, 1.807) is 12.1 Å². The molecule has 0 aliphatic carbocycles. The number of aryl methyl sites for hydroxylation is 2. The molecule has 36 heavy (non-hydrogen) atoms. The van der Waals surface area contributed by atoms with E-state index in [4.69, 9.17) is 21.3 Å². The van der Waals surface area contributed by atoms with Crippen LogP contribution in [-0.2, 0) is 9.53 Å². The number of aromatic nitrogens is 4. The normalized spacial score (nSPS) is 12.9. The van der Waals surface area contributed by atoms with Crippen molar-refractivity contribution in [2.45, 2.75) is 46.3 Å². The van der Waals surface area contributed by atoms with E-state index in [0.29, 0.717) is 10.6 Å². The van der Waals surface area contributed by atoms with Gasteiger partial charge in [-0.25, -0.2) is 9.78 Å². The van der Waals surface area contributed by atoms with Crippen molar-refractivity contribution in [3.05, 3.63) is 70.6 Å². The molecular formula is C27H25ClN4O3S. The van der Waals surface area contributed by atoms with Crippen molar-refractivity contribution < 1.29 is 14.6 Å². The van der Waals surface area contributed by atoms with Gasteiger partial charge in [0.1, 0.15) is 10.8 Å². The van der Waals surface area contributed by atoms with Gasteiger partial charge >= 0.3 is 5.97 Å². The Hall–Kier alpha value is -3.33. The van der Waals surface area contributed by atoms with E-state index in [1.807, 2.05) is 75.5 Å². The third-order valence-corrected chi connectivity index (χ3v) is 7.24. The first kappa shape index (κ1) is 24.4. The van der Waals surface area contributed by atoms with Crippen molar-refractivity contribution in [1.82, 2.24) is 19.6 Å². The molecule has 5 aromatic rings. The number of halogens is 1. The lowest BCUT2D eigenvalue weighted by Crippen LogP contribution is -2.28. The Morgan fingerprint density at radius 3 is 2.47 bits per heavy atom. The molecule has 0 radical (unpaired) electrons. The standard InChI is InChI=1S/C27H25ClN4O3S/c1-14-12-19-24(36-25(29-19)17-10-11-32-15(2)30-31-20(32)13-17)22(16-6-8-18(28)9-7-16)21(14)23(26(33)34)35-27(3,4)5/h6-13,23H,1-5H3,(H,33,34). The number of nitrogens with zero attached hydrogens (tertiary/aromatic N) is 4. The lowest BCUT2D eigenvalue weighted by molar-refractivity contribution is -0.160. The number of rotatable bonds is 5. The Morgan fingerprint density at radius 1 is 1.08 bits per heavy atom. The number of benzene rings is 2. The molecule has 5 rings (SSSR count). The topological polar surface area (TPSA) is 89.6 Å². The van der Waals surface area contributed by atoms with E-state index in [0.717, 1.165) is 48.9 Å². The third kappa shape index (κ3) is 4.48. The van der Waals surface area contributed by atoms with Crippen molar-refractivity contribution >= 4 is 44.8 Å². The molecule has 0 aliphatic rings. The largest absolute Gasteiger partial charge is 0.479 e. The van der Waals surface area contributed by atoms with Gasteiger partial charge in [-0.1, -0.05) is 23.7 Å². The lowest BCUT2D eigenvalue weighted by Gasteiger charge is -2.28. The maximum Gasteiger partial charge on any atom is 0.337 e. The van der Waals surface area contributed by atoms with E-state index < -0.39 is 17.7 Å². The van der Waals surface area contributed by atoms with Crippen LogP contribution in [0.2, 0.25) is 5.02 Å². The van der Waals surface area contributed by atoms with Gasteiger partial charge in [-0.05, 0) is 76.1 Å². The minimum Gasteiger partial charge on any atom is -0.479 e. The number of aliphatic carboxylic acids is 1. The summed E-state index contributed by atoms with van der Waals surface area (Å²) in [5.74, 6) is -0.232. The monoisotopic (exact) mass is 520 g/mol. The van der Waals surface area contributed by atoms with Gasteiger partial charge in [0.2, 0.25) is 0 Å². The highest BCUT2D eigenvalue weighted by Crippen LogP contribution is 2.44. The second-order valence-electron chi connectivity index (χ2n) is 9.70. The van der Waals surface area contributed by atoms with Gasteiger partial charge in [-0.15, -0.1) is 21.5 Å². The van der Waals surface area contributed by atoms with Crippen LogP contribution in [-0.4, -0.2) is 36.3 Å². The molecule has 9 heteroatoms. The lowest BCUT2D eigenvalue weighted by atomic mass is 9.91. The van der Waals surface area contributed by atoms with E-state index in [-0.39, 0.29) is 0 Å². The molecule has 2 aromatic carbocycles. The summed E-state index contributed by atoms with van der Waals surface area (Å²) in [5.41, 5.74) is 4.84. The van der Waals surface area contributed by atoms with Gasteiger partial charge in [0.15, 0.2) is 11.8 Å². The van der Waals surface area contributed by atoms with E-state index in [1.165, 1.54) is 11.3 Å². The van der Waals surface area contributed by atoms with Crippen molar-refractivity contribution in [1.29, 1.82) is 0 Å². The third-order valence-electron chi connectivity index (χ3n) is 5.85. The van der Waals surface area contributed by atoms with Crippen LogP contribution in [0.4, 0.5) is 0 Å².